The molecule has 2 atom stereocenters. The van der Waals surface area contributed by atoms with Crippen molar-refractivity contribution in [3.8, 4) is 6.07 Å². The first-order valence-corrected chi connectivity index (χ1v) is 11.6. The first kappa shape index (κ1) is 24.4. The van der Waals surface area contributed by atoms with E-state index in [0.29, 0.717) is 17.5 Å². The van der Waals surface area contributed by atoms with Crippen LogP contribution >= 0.6 is 12.6 Å². The van der Waals surface area contributed by atoms with Crippen molar-refractivity contribution in [1.82, 2.24) is 4.31 Å². The number of thiol groups is 1. The standard InChI is InChI=1S/C21H22F3N3O3S2/c1-20(28,21(22,23)24)15-6-8-16(9-7-15)27-13-12-26(14-17(27)10-11-25)32(29,30)19-5-3-2-4-18(19)31/h2-9,17,28,31H,10,12-14H2,1H3/t17-,20+/m1/s1. The summed E-state index contributed by atoms with van der Waals surface area (Å²) in [5, 5.41) is 19.1. The SMILES string of the molecule is C[C@](O)(c1ccc(N2CCN(S(=O)(=O)c3ccccc3S)C[C@H]2CC#N)cc1)C(F)(F)F. The highest BCUT2D eigenvalue weighted by atomic mass is 32.2. The van der Waals surface area contributed by atoms with E-state index < -0.39 is 27.8 Å². The average Bonchev–Trinajstić information content (AvgIpc) is 2.73. The normalized spacial score (nSPS) is 19.9. The Balaban J connectivity index is 1.85. The van der Waals surface area contributed by atoms with Crippen LogP contribution in [0.4, 0.5) is 18.9 Å². The predicted octanol–water partition coefficient (Wildman–Crippen LogP) is 3.54. The number of hydrogen-bond acceptors (Lipinski definition) is 6. The smallest absolute Gasteiger partial charge is 0.376 e. The Morgan fingerprint density at radius 2 is 1.78 bits per heavy atom. The molecule has 3 rings (SSSR count). The van der Waals surface area contributed by atoms with Gasteiger partial charge in [-0.1, -0.05) is 24.3 Å². The predicted molar refractivity (Wildman–Crippen MR) is 116 cm³/mol. The minimum Gasteiger partial charge on any atom is -0.376 e. The van der Waals surface area contributed by atoms with Crippen LogP contribution in [0.25, 0.3) is 0 Å². The van der Waals surface area contributed by atoms with Crippen LogP contribution in [0.3, 0.4) is 0 Å². The molecule has 1 aliphatic rings. The number of sulfonamides is 1. The summed E-state index contributed by atoms with van der Waals surface area (Å²) in [6.07, 6.45) is -4.81. The highest BCUT2D eigenvalue weighted by molar-refractivity contribution is 7.90. The van der Waals surface area contributed by atoms with E-state index in [4.69, 9.17) is 0 Å². The van der Waals surface area contributed by atoms with Crippen molar-refractivity contribution in [2.24, 2.45) is 0 Å². The van der Waals surface area contributed by atoms with E-state index in [2.05, 4.69) is 12.6 Å². The van der Waals surface area contributed by atoms with Crippen molar-refractivity contribution >= 4 is 28.3 Å². The summed E-state index contributed by atoms with van der Waals surface area (Å²) in [6, 6.07) is 13.1. The Bertz CT molecular complexity index is 1110. The molecular weight excluding hydrogens is 463 g/mol. The van der Waals surface area contributed by atoms with Crippen molar-refractivity contribution in [3.63, 3.8) is 0 Å². The summed E-state index contributed by atoms with van der Waals surface area (Å²) in [6.45, 7) is 1.10. The van der Waals surface area contributed by atoms with E-state index in [1.54, 1.807) is 23.1 Å². The molecule has 1 heterocycles. The van der Waals surface area contributed by atoms with Crippen LogP contribution in [0.15, 0.2) is 58.3 Å². The molecule has 0 unspecified atom stereocenters. The van der Waals surface area contributed by atoms with Crippen LogP contribution in [-0.2, 0) is 15.6 Å². The number of piperazine rings is 1. The average molecular weight is 486 g/mol. The summed E-state index contributed by atoms with van der Waals surface area (Å²) in [5.41, 5.74) is -2.76. The summed E-state index contributed by atoms with van der Waals surface area (Å²) in [7, 11) is -3.83. The highest BCUT2D eigenvalue weighted by Crippen LogP contribution is 2.39. The minimum atomic E-state index is -4.83. The van der Waals surface area contributed by atoms with E-state index in [0.717, 1.165) is 0 Å². The Morgan fingerprint density at radius 3 is 2.34 bits per heavy atom. The maximum atomic E-state index is 13.1. The summed E-state index contributed by atoms with van der Waals surface area (Å²) >= 11 is 4.23. The number of hydrogen-bond donors (Lipinski definition) is 2. The molecule has 0 aliphatic carbocycles. The van der Waals surface area contributed by atoms with Crippen molar-refractivity contribution in [1.29, 1.82) is 5.26 Å². The summed E-state index contributed by atoms with van der Waals surface area (Å²) in [4.78, 5) is 2.19. The Labute approximate surface area is 190 Å². The number of rotatable bonds is 5. The molecule has 2 aromatic rings. The van der Waals surface area contributed by atoms with E-state index >= 15 is 0 Å². The van der Waals surface area contributed by atoms with Gasteiger partial charge in [-0.15, -0.1) is 12.6 Å². The number of halogens is 3. The van der Waals surface area contributed by atoms with E-state index in [1.165, 1.54) is 34.6 Å². The van der Waals surface area contributed by atoms with Crippen molar-refractivity contribution in [2.45, 2.75) is 41.0 Å². The Morgan fingerprint density at radius 1 is 1.16 bits per heavy atom. The van der Waals surface area contributed by atoms with Crippen molar-refractivity contribution in [2.75, 3.05) is 24.5 Å². The van der Waals surface area contributed by atoms with E-state index in [-0.39, 0.29) is 36.5 Å². The molecule has 0 saturated carbocycles. The number of benzene rings is 2. The van der Waals surface area contributed by atoms with Crippen LogP contribution in [0.1, 0.15) is 18.9 Å². The second-order valence-corrected chi connectivity index (χ2v) is 10.0. The van der Waals surface area contributed by atoms with Crippen LogP contribution in [0.2, 0.25) is 0 Å². The number of nitrogens with zero attached hydrogens (tertiary/aromatic N) is 3. The number of anilines is 1. The zero-order valence-electron chi connectivity index (χ0n) is 17.1. The summed E-state index contributed by atoms with van der Waals surface area (Å²) in [5.74, 6) is 0. The van der Waals surface area contributed by atoms with Gasteiger partial charge in [0.25, 0.3) is 0 Å². The van der Waals surface area contributed by atoms with Gasteiger partial charge in [0.05, 0.1) is 23.4 Å². The largest absolute Gasteiger partial charge is 0.421 e. The fraction of sp³-hybridized carbons (Fsp3) is 0.381. The molecular formula is C21H22F3N3O3S2. The Kier molecular flexibility index (Phi) is 6.81. The third kappa shape index (κ3) is 4.59. The van der Waals surface area contributed by atoms with Crippen molar-refractivity contribution in [3.05, 3.63) is 54.1 Å². The lowest BCUT2D eigenvalue weighted by Gasteiger charge is -2.41. The molecule has 0 aromatic heterocycles. The molecule has 32 heavy (non-hydrogen) atoms. The fourth-order valence-corrected chi connectivity index (χ4v) is 5.68. The van der Waals surface area contributed by atoms with Crippen LogP contribution in [0, 0.1) is 11.3 Å². The minimum absolute atomic E-state index is 0.0244. The van der Waals surface area contributed by atoms with Gasteiger partial charge >= 0.3 is 6.18 Å². The van der Waals surface area contributed by atoms with E-state index in [1.807, 2.05) is 6.07 Å². The molecule has 0 radical (unpaired) electrons. The molecule has 11 heteroatoms. The highest BCUT2D eigenvalue weighted by Gasteiger charge is 2.51. The molecule has 6 nitrogen and oxygen atoms in total. The van der Waals surface area contributed by atoms with Gasteiger partial charge in [-0.3, -0.25) is 0 Å². The van der Waals surface area contributed by atoms with Crippen molar-refractivity contribution < 1.29 is 26.7 Å². The van der Waals surface area contributed by atoms with Gasteiger partial charge in [-0.2, -0.15) is 22.7 Å². The monoisotopic (exact) mass is 485 g/mol. The van der Waals surface area contributed by atoms with E-state index in [9.17, 15) is 32.0 Å². The quantitative estimate of drug-likeness (QED) is 0.633. The van der Waals surface area contributed by atoms with Gasteiger partial charge in [0.1, 0.15) is 0 Å². The molecule has 0 amide bonds. The van der Waals surface area contributed by atoms with Gasteiger partial charge in [0.15, 0.2) is 5.60 Å². The number of nitriles is 1. The van der Waals surface area contributed by atoms with Gasteiger partial charge in [-0.25, -0.2) is 8.42 Å². The molecule has 1 fully saturated rings. The molecule has 172 valence electrons. The lowest BCUT2D eigenvalue weighted by molar-refractivity contribution is -0.258. The zero-order chi connectivity index (χ0) is 23.7. The van der Waals surface area contributed by atoms with Gasteiger partial charge in [0, 0.05) is 30.2 Å². The molecule has 1 saturated heterocycles. The maximum absolute atomic E-state index is 13.1. The first-order chi connectivity index (χ1) is 14.9. The fourth-order valence-electron chi connectivity index (χ4n) is 3.62. The number of aliphatic hydroxyl groups is 1. The first-order valence-electron chi connectivity index (χ1n) is 9.71. The van der Waals surface area contributed by atoms with Crippen LogP contribution in [-0.4, -0.2) is 49.7 Å². The van der Waals surface area contributed by atoms with Crippen LogP contribution < -0.4 is 4.90 Å². The molecule has 0 bridgehead atoms. The van der Waals surface area contributed by atoms with Gasteiger partial charge < -0.3 is 10.0 Å². The molecule has 1 N–H and O–H groups in total. The lowest BCUT2D eigenvalue weighted by Crippen LogP contribution is -2.54. The zero-order valence-corrected chi connectivity index (χ0v) is 18.8. The molecule has 1 aliphatic heterocycles. The lowest BCUT2D eigenvalue weighted by atomic mass is 9.95. The third-order valence-electron chi connectivity index (χ3n) is 5.57. The Hall–Kier alpha value is -2.26. The number of alkyl halides is 3. The second-order valence-electron chi connectivity index (χ2n) is 7.66. The summed E-state index contributed by atoms with van der Waals surface area (Å²) < 4.78 is 66.8. The van der Waals surface area contributed by atoms with Gasteiger partial charge in [0.2, 0.25) is 10.0 Å². The molecule has 2 aromatic carbocycles. The second kappa shape index (κ2) is 8.94. The van der Waals surface area contributed by atoms with Gasteiger partial charge in [-0.05, 0) is 36.8 Å². The van der Waals surface area contributed by atoms with Crippen LogP contribution in [0.5, 0.6) is 0 Å². The molecule has 0 spiro atoms. The maximum Gasteiger partial charge on any atom is 0.421 e. The topological polar surface area (TPSA) is 84.6 Å². The third-order valence-corrected chi connectivity index (χ3v) is 8.03.